The van der Waals surface area contributed by atoms with Crippen LogP contribution in [0, 0.1) is 0 Å². The van der Waals surface area contributed by atoms with E-state index in [-0.39, 0.29) is 5.91 Å². The summed E-state index contributed by atoms with van der Waals surface area (Å²) >= 11 is 6.05. The van der Waals surface area contributed by atoms with Crippen molar-refractivity contribution in [3.05, 3.63) is 47.2 Å². The van der Waals surface area contributed by atoms with Crippen LogP contribution < -0.4 is 10.2 Å². The lowest BCUT2D eigenvalue weighted by atomic mass is 10.2. The number of hydrogen-bond donors (Lipinski definition) is 1. The monoisotopic (exact) mass is 331 g/mol. The van der Waals surface area contributed by atoms with E-state index in [2.05, 4.69) is 32.1 Å². The van der Waals surface area contributed by atoms with Gasteiger partial charge in [-0.15, -0.1) is 0 Å². The number of halogens is 1. The average Bonchev–Trinajstić information content (AvgIpc) is 2.56. The SMILES string of the molecule is CN1CCN(c2cc(NC(=O)c3ccccc3Cl)ncn2)CC1. The van der Waals surface area contributed by atoms with Crippen LogP contribution in [0.5, 0.6) is 0 Å². The Kier molecular flexibility index (Phi) is 4.73. The minimum Gasteiger partial charge on any atom is -0.354 e. The number of piperazine rings is 1. The van der Waals surface area contributed by atoms with Crippen LogP contribution in [0.1, 0.15) is 10.4 Å². The molecular formula is C16H18ClN5O. The fourth-order valence-corrected chi connectivity index (χ4v) is 2.67. The highest BCUT2D eigenvalue weighted by Crippen LogP contribution is 2.19. The Balaban J connectivity index is 1.73. The third-order valence-corrected chi connectivity index (χ3v) is 4.17. The molecule has 1 saturated heterocycles. The molecule has 6 nitrogen and oxygen atoms in total. The molecule has 7 heteroatoms. The molecule has 3 rings (SSSR count). The molecule has 120 valence electrons. The van der Waals surface area contributed by atoms with E-state index in [0.717, 1.165) is 32.0 Å². The van der Waals surface area contributed by atoms with Gasteiger partial charge in [-0.3, -0.25) is 4.79 Å². The number of nitrogens with zero attached hydrogens (tertiary/aromatic N) is 4. The number of carbonyl (C=O) groups is 1. The lowest BCUT2D eigenvalue weighted by Gasteiger charge is -2.33. The number of benzene rings is 1. The molecule has 1 aliphatic rings. The summed E-state index contributed by atoms with van der Waals surface area (Å²) < 4.78 is 0. The standard InChI is InChI=1S/C16H18ClN5O/c1-21-6-8-22(9-7-21)15-10-14(18-11-19-15)20-16(23)12-4-2-3-5-13(12)17/h2-5,10-11H,6-9H2,1H3,(H,18,19,20,23). The molecule has 1 aromatic carbocycles. The first kappa shape index (κ1) is 15.7. The first-order valence-corrected chi connectivity index (χ1v) is 7.83. The molecule has 2 aromatic rings. The van der Waals surface area contributed by atoms with Gasteiger partial charge in [-0.1, -0.05) is 23.7 Å². The summed E-state index contributed by atoms with van der Waals surface area (Å²) in [5.74, 6) is 1.01. The normalized spacial score (nSPS) is 15.5. The van der Waals surface area contributed by atoms with E-state index in [4.69, 9.17) is 11.6 Å². The topological polar surface area (TPSA) is 61.4 Å². The Hall–Kier alpha value is -2.18. The van der Waals surface area contributed by atoms with Crippen molar-refractivity contribution in [3.63, 3.8) is 0 Å². The van der Waals surface area contributed by atoms with Crippen LogP contribution >= 0.6 is 11.6 Å². The second-order valence-electron chi connectivity index (χ2n) is 5.49. The lowest BCUT2D eigenvalue weighted by Crippen LogP contribution is -2.44. The van der Waals surface area contributed by atoms with Gasteiger partial charge in [0.15, 0.2) is 0 Å². The molecule has 1 aliphatic heterocycles. The largest absolute Gasteiger partial charge is 0.354 e. The van der Waals surface area contributed by atoms with E-state index in [1.807, 2.05) is 0 Å². The predicted octanol–water partition coefficient (Wildman–Crippen LogP) is 2.13. The molecule has 1 amide bonds. The van der Waals surface area contributed by atoms with E-state index >= 15 is 0 Å². The van der Waals surface area contributed by atoms with Gasteiger partial charge in [0.25, 0.3) is 5.91 Å². The van der Waals surface area contributed by atoms with Crippen molar-refractivity contribution < 1.29 is 4.79 Å². The molecular weight excluding hydrogens is 314 g/mol. The van der Waals surface area contributed by atoms with Gasteiger partial charge in [0.1, 0.15) is 18.0 Å². The van der Waals surface area contributed by atoms with Gasteiger partial charge in [0, 0.05) is 32.2 Å². The number of rotatable bonds is 3. The molecule has 0 bridgehead atoms. The Morgan fingerprint density at radius 1 is 1.17 bits per heavy atom. The van der Waals surface area contributed by atoms with E-state index < -0.39 is 0 Å². The predicted molar refractivity (Wildman–Crippen MR) is 91.1 cm³/mol. The summed E-state index contributed by atoms with van der Waals surface area (Å²) in [4.78, 5) is 25.2. The Bertz CT molecular complexity index is 700. The minimum absolute atomic E-state index is 0.279. The molecule has 0 radical (unpaired) electrons. The summed E-state index contributed by atoms with van der Waals surface area (Å²) in [6.45, 7) is 3.80. The smallest absolute Gasteiger partial charge is 0.258 e. The average molecular weight is 332 g/mol. The first-order chi connectivity index (χ1) is 11.1. The number of aromatic nitrogens is 2. The summed E-state index contributed by atoms with van der Waals surface area (Å²) in [6, 6.07) is 8.72. The van der Waals surface area contributed by atoms with E-state index in [1.165, 1.54) is 6.33 Å². The lowest BCUT2D eigenvalue weighted by molar-refractivity contribution is 0.102. The van der Waals surface area contributed by atoms with Crippen LogP contribution in [0.2, 0.25) is 5.02 Å². The quantitative estimate of drug-likeness (QED) is 0.933. The number of amides is 1. The molecule has 0 spiro atoms. The molecule has 1 N–H and O–H groups in total. The Labute approximate surface area is 140 Å². The summed E-state index contributed by atoms with van der Waals surface area (Å²) in [7, 11) is 2.10. The maximum absolute atomic E-state index is 12.3. The molecule has 1 fully saturated rings. The van der Waals surface area contributed by atoms with Crippen molar-refractivity contribution >= 4 is 29.1 Å². The number of nitrogens with one attached hydrogen (secondary N) is 1. The van der Waals surface area contributed by atoms with Crippen LogP contribution in [-0.2, 0) is 0 Å². The maximum atomic E-state index is 12.3. The number of likely N-dealkylation sites (N-methyl/N-ethyl adjacent to an activating group) is 1. The summed E-state index contributed by atoms with van der Waals surface area (Å²) in [5, 5.41) is 3.19. The fraction of sp³-hybridized carbons (Fsp3) is 0.312. The molecule has 0 aliphatic carbocycles. The highest BCUT2D eigenvalue weighted by atomic mass is 35.5. The van der Waals surface area contributed by atoms with Gasteiger partial charge in [-0.25, -0.2) is 9.97 Å². The van der Waals surface area contributed by atoms with Crippen LogP contribution in [0.4, 0.5) is 11.6 Å². The highest BCUT2D eigenvalue weighted by Gasteiger charge is 2.16. The van der Waals surface area contributed by atoms with Gasteiger partial charge in [-0.2, -0.15) is 0 Å². The van der Waals surface area contributed by atoms with E-state index in [1.54, 1.807) is 30.3 Å². The molecule has 0 atom stereocenters. The Morgan fingerprint density at radius 2 is 1.91 bits per heavy atom. The van der Waals surface area contributed by atoms with Gasteiger partial charge in [0.05, 0.1) is 10.6 Å². The molecule has 0 unspecified atom stereocenters. The van der Waals surface area contributed by atoms with Crippen molar-refractivity contribution in [2.75, 3.05) is 43.4 Å². The zero-order chi connectivity index (χ0) is 16.2. The van der Waals surface area contributed by atoms with Crippen molar-refractivity contribution in [3.8, 4) is 0 Å². The maximum Gasteiger partial charge on any atom is 0.258 e. The third-order valence-electron chi connectivity index (χ3n) is 3.84. The van der Waals surface area contributed by atoms with Crippen LogP contribution in [0.15, 0.2) is 36.7 Å². The Morgan fingerprint density at radius 3 is 2.65 bits per heavy atom. The van der Waals surface area contributed by atoms with Crippen LogP contribution in [0.3, 0.4) is 0 Å². The van der Waals surface area contributed by atoms with E-state index in [0.29, 0.717) is 16.4 Å². The van der Waals surface area contributed by atoms with Crippen molar-refractivity contribution in [2.24, 2.45) is 0 Å². The highest BCUT2D eigenvalue weighted by molar-refractivity contribution is 6.34. The second-order valence-corrected chi connectivity index (χ2v) is 5.89. The van der Waals surface area contributed by atoms with Gasteiger partial charge >= 0.3 is 0 Å². The van der Waals surface area contributed by atoms with Crippen molar-refractivity contribution in [1.82, 2.24) is 14.9 Å². The van der Waals surface area contributed by atoms with Crippen LogP contribution in [-0.4, -0.2) is 54.0 Å². The second kappa shape index (κ2) is 6.93. The van der Waals surface area contributed by atoms with Crippen LogP contribution in [0.25, 0.3) is 0 Å². The summed E-state index contributed by atoms with van der Waals surface area (Å²) in [6.07, 6.45) is 1.47. The van der Waals surface area contributed by atoms with Crippen molar-refractivity contribution in [1.29, 1.82) is 0 Å². The van der Waals surface area contributed by atoms with Gasteiger partial charge in [-0.05, 0) is 19.2 Å². The van der Waals surface area contributed by atoms with Gasteiger partial charge < -0.3 is 15.1 Å². The first-order valence-electron chi connectivity index (χ1n) is 7.45. The summed E-state index contributed by atoms with van der Waals surface area (Å²) in [5.41, 5.74) is 0.425. The zero-order valence-electron chi connectivity index (χ0n) is 12.9. The number of anilines is 2. The van der Waals surface area contributed by atoms with Crippen molar-refractivity contribution in [2.45, 2.75) is 0 Å². The fourth-order valence-electron chi connectivity index (χ4n) is 2.45. The minimum atomic E-state index is -0.279. The van der Waals surface area contributed by atoms with Gasteiger partial charge in [0.2, 0.25) is 0 Å². The molecule has 0 saturated carbocycles. The zero-order valence-corrected chi connectivity index (χ0v) is 13.6. The third kappa shape index (κ3) is 3.78. The number of hydrogen-bond acceptors (Lipinski definition) is 5. The van der Waals surface area contributed by atoms with E-state index in [9.17, 15) is 4.79 Å². The molecule has 2 heterocycles. The molecule has 23 heavy (non-hydrogen) atoms. The number of carbonyl (C=O) groups excluding carboxylic acids is 1. The molecule has 1 aromatic heterocycles.